The standard InChI is InChI=1S/C15H28N4O2/c1-4-5-17-14(20)11-18-6-8-19(9-7-18)15(21)13(16)10-12(2)3/h4,12-13H,1,5-11,16H2,2-3H3,(H,17,20)/t13-/m1/s1. The molecule has 2 amide bonds. The van der Waals surface area contributed by atoms with Crippen LogP contribution in [0.25, 0.3) is 0 Å². The lowest BCUT2D eigenvalue weighted by Gasteiger charge is -2.35. The number of nitrogens with two attached hydrogens (primary N) is 1. The van der Waals surface area contributed by atoms with E-state index in [0.29, 0.717) is 51.6 Å². The molecule has 0 saturated carbocycles. The average Bonchev–Trinajstić information content (AvgIpc) is 2.44. The van der Waals surface area contributed by atoms with Crippen molar-refractivity contribution in [2.24, 2.45) is 11.7 Å². The predicted molar refractivity (Wildman–Crippen MR) is 83.7 cm³/mol. The number of nitrogens with zero attached hydrogens (tertiary/aromatic N) is 2. The molecular weight excluding hydrogens is 268 g/mol. The molecule has 120 valence electrons. The molecule has 0 aromatic rings. The van der Waals surface area contributed by atoms with Gasteiger partial charge in [0.15, 0.2) is 0 Å². The first-order valence-corrected chi connectivity index (χ1v) is 7.58. The van der Waals surface area contributed by atoms with Gasteiger partial charge in [-0.3, -0.25) is 14.5 Å². The van der Waals surface area contributed by atoms with Gasteiger partial charge in [0.25, 0.3) is 0 Å². The Hall–Kier alpha value is -1.40. The molecule has 6 nitrogen and oxygen atoms in total. The number of rotatable bonds is 7. The number of piperazine rings is 1. The molecule has 0 unspecified atom stereocenters. The Bertz CT molecular complexity index is 363. The molecule has 0 spiro atoms. The predicted octanol–water partition coefficient (Wildman–Crippen LogP) is -0.194. The minimum absolute atomic E-state index is 0.00816. The van der Waals surface area contributed by atoms with Gasteiger partial charge in [0.05, 0.1) is 12.6 Å². The third-order valence-electron chi connectivity index (χ3n) is 3.54. The fraction of sp³-hybridized carbons (Fsp3) is 0.733. The molecule has 0 bridgehead atoms. The molecule has 1 aliphatic rings. The van der Waals surface area contributed by atoms with Crippen molar-refractivity contribution in [2.75, 3.05) is 39.3 Å². The van der Waals surface area contributed by atoms with Crippen molar-refractivity contribution in [3.05, 3.63) is 12.7 Å². The summed E-state index contributed by atoms with van der Waals surface area (Å²) in [6.07, 6.45) is 2.37. The molecule has 1 atom stereocenters. The van der Waals surface area contributed by atoms with E-state index in [1.807, 2.05) is 4.90 Å². The summed E-state index contributed by atoms with van der Waals surface area (Å²) in [5.41, 5.74) is 5.94. The molecule has 0 aliphatic carbocycles. The van der Waals surface area contributed by atoms with Crippen LogP contribution in [0.1, 0.15) is 20.3 Å². The second kappa shape index (κ2) is 8.79. The van der Waals surface area contributed by atoms with Crippen LogP contribution in [-0.4, -0.2) is 66.9 Å². The minimum atomic E-state index is -0.410. The van der Waals surface area contributed by atoms with Gasteiger partial charge in [-0.05, 0) is 12.3 Å². The van der Waals surface area contributed by atoms with Crippen molar-refractivity contribution in [1.82, 2.24) is 15.1 Å². The van der Waals surface area contributed by atoms with Crippen molar-refractivity contribution in [1.29, 1.82) is 0 Å². The van der Waals surface area contributed by atoms with E-state index < -0.39 is 6.04 Å². The Balaban J connectivity index is 2.33. The van der Waals surface area contributed by atoms with Crippen LogP contribution >= 0.6 is 0 Å². The van der Waals surface area contributed by atoms with E-state index >= 15 is 0 Å². The molecular formula is C15H28N4O2. The van der Waals surface area contributed by atoms with Crippen LogP contribution in [0.4, 0.5) is 0 Å². The summed E-state index contributed by atoms with van der Waals surface area (Å²) in [5, 5.41) is 2.75. The number of nitrogens with one attached hydrogen (secondary N) is 1. The summed E-state index contributed by atoms with van der Waals surface area (Å²) >= 11 is 0. The van der Waals surface area contributed by atoms with Crippen LogP contribution < -0.4 is 11.1 Å². The SMILES string of the molecule is C=CCNC(=O)CN1CCN(C(=O)[C@H](N)CC(C)C)CC1. The zero-order valence-electron chi connectivity index (χ0n) is 13.2. The van der Waals surface area contributed by atoms with E-state index in [0.717, 1.165) is 0 Å². The lowest BCUT2D eigenvalue weighted by Crippen LogP contribution is -2.54. The van der Waals surface area contributed by atoms with Crippen LogP contribution in [0.5, 0.6) is 0 Å². The Morgan fingerprint density at radius 2 is 1.90 bits per heavy atom. The molecule has 0 radical (unpaired) electrons. The molecule has 0 aromatic heterocycles. The Kier molecular flexibility index (Phi) is 7.39. The second-order valence-corrected chi connectivity index (χ2v) is 5.93. The topological polar surface area (TPSA) is 78.7 Å². The average molecular weight is 296 g/mol. The van der Waals surface area contributed by atoms with E-state index in [1.54, 1.807) is 6.08 Å². The van der Waals surface area contributed by atoms with Gasteiger partial charge in [0.1, 0.15) is 0 Å². The second-order valence-electron chi connectivity index (χ2n) is 5.93. The van der Waals surface area contributed by atoms with Gasteiger partial charge in [0, 0.05) is 32.7 Å². The van der Waals surface area contributed by atoms with Gasteiger partial charge in [0.2, 0.25) is 11.8 Å². The highest BCUT2D eigenvalue weighted by Gasteiger charge is 2.26. The number of amides is 2. The van der Waals surface area contributed by atoms with Gasteiger partial charge < -0.3 is 16.0 Å². The fourth-order valence-electron chi connectivity index (χ4n) is 2.41. The van der Waals surface area contributed by atoms with Gasteiger partial charge in [-0.25, -0.2) is 0 Å². The first kappa shape index (κ1) is 17.7. The summed E-state index contributed by atoms with van der Waals surface area (Å²) in [5.74, 6) is 0.435. The third-order valence-corrected chi connectivity index (χ3v) is 3.54. The number of carbonyl (C=O) groups is 2. The Morgan fingerprint density at radius 3 is 2.43 bits per heavy atom. The van der Waals surface area contributed by atoms with Crippen LogP contribution in [0, 0.1) is 5.92 Å². The smallest absolute Gasteiger partial charge is 0.239 e. The maximum Gasteiger partial charge on any atom is 0.239 e. The maximum absolute atomic E-state index is 12.2. The summed E-state index contributed by atoms with van der Waals surface area (Å²) < 4.78 is 0. The zero-order valence-corrected chi connectivity index (χ0v) is 13.2. The number of hydrogen-bond acceptors (Lipinski definition) is 4. The van der Waals surface area contributed by atoms with E-state index in [9.17, 15) is 9.59 Å². The molecule has 1 aliphatic heterocycles. The minimum Gasteiger partial charge on any atom is -0.352 e. The van der Waals surface area contributed by atoms with Crippen LogP contribution in [0.2, 0.25) is 0 Å². The third kappa shape index (κ3) is 6.27. The van der Waals surface area contributed by atoms with E-state index in [-0.39, 0.29) is 11.8 Å². The van der Waals surface area contributed by atoms with Gasteiger partial charge >= 0.3 is 0 Å². The Labute approximate surface area is 127 Å². The maximum atomic E-state index is 12.2. The van der Waals surface area contributed by atoms with E-state index in [1.165, 1.54) is 0 Å². The summed E-state index contributed by atoms with van der Waals surface area (Å²) in [6, 6.07) is -0.410. The van der Waals surface area contributed by atoms with E-state index in [2.05, 4.69) is 30.6 Å². The summed E-state index contributed by atoms with van der Waals surface area (Å²) in [7, 11) is 0. The molecule has 21 heavy (non-hydrogen) atoms. The summed E-state index contributed by atoms with van der Waals surface area (Å²) in [4.78, 5) is 27.7. The number of carbonyl (C=O) groups excluding carboxylic acids is 2. The summed E-state index contributed by atoms with van der Waals surface area (Å²) in [6.45, 7) is 11.2. The monoisotopic (exact) mass is 296 g/mol. The Morgan fingerprint density at radius 1 is 1.29 bits per heavy atom. The number of hydrogen-bond donors (Lipinski definition) is 2. The highest BCUT2D eigenvalue weighted by Crippen LogP contribution is 2.08. The van der Waals surface area contributed by atoms with E-state index in [4.69, 9.17) is 5.73 Å². The van der Waals surface area contributed by atoms with Gasteiger partial charge in [-0.15, -0.1) is 6.58 Å². The van der Waals surface area contributed by atoms with Crippen molar-refractivity contribution >= 4 is 11.8 Å². The first-order chi connectivity index (χ1) is 9.93. The molecule has 1 fully saturated rings. The highest BCUT2D eigenvalue weighted by atomic mass is 16.2. The molecule has 6 heteroatoms. The molecule has 0 aromatic carbocycles. The molecule has 1 saturated heterocycles. The lowest BCUT2D eigenvalue weighted by atomic mass is 10.0. The van der Waals surface area contributed by atoms with Gasteiger partial charge in [-0.1, -0.05) is 19.9 Å². The van der Waals surface area contributed by atoms with Crippen LogP contribution in [-0.2, 0) is 9.59 Å². The molecule has 1 rings (SSSR count). The lowest BCUT2D eigenvalue weighted by molar-refractivity contribution is -0.135. The molecule has 3 N–H and O–H groups in total. The fourth-order valence-corrected chi connectivity index (χ4v) is 2.41. The van der Waals surface area contributed by atoms with Crippen molar-refractivity contribution in [3.63, 3.8) is 0 Å². The van der Waals surface area contributed by atoms with Crippen molar-refractivity contribution in [3.8, 4) is 0 Å². The van der Waals surface area contributed by atoms with Gasteiger partial charge in [-0.2, -0.15) is 0 Å². The largest absolute Gasteiger partial charge is 0.352 e. The van der Waals surface area contributed by atoms with Crippen LogP contribution in [0.3, 0.4) is 0 Å². The van der Waals surface area contributed by atoms with Crippen LogP contribution in [0.15, 0.2) is 12.7 Å². The molecule has 1 heterocycles. The van der Waals surface area contributed by atoms with Crippen molar-refractivity contribution in [2.45, 2.75) is 26.3 Å². The zero-order chi connectivity index (χ0) is 15.8. The van der Waals surface area contributed by atoms with Crippen molar-refractivity contribution < 1.29 is 9.59 Å². The first-order valence-electron chi connectivity index (χ1n) is 7.58. The normalized spacial score (nSPS) is 17.6. The quantitative estimate of drug-likeness (QED) is 0.638. The highest BCUT2D eigenvalue weighted by molar-refractivity contribution is 5.82.